The molecule has 1 unspecified atom stereocenters. The quantitative estimate of drug-likeness (QED) is 0.805. The fraction of sp³-hybridized carbons (Fsp3) is 0.500. The van der Waals surface area contributed by atoms with Gasteiger partial charge in [-0.15, -0.1) is 0 Å². The van der Waals surface area contributed by atoms with Crippen LogP contribution in [0.15, 0.2) is 12.1 Å². The van der Waals surface area contributed by atoms with Gasteiger partial charge in [0.1, 0.15) is 12.4 Å². The summed E-state index contributed by atoms with van der Waals surface area (Å²) in [7, 11) is 0. The Hall–Kier alpha value is -1.46. The highest BCUT2D eigenvalue weighted by Crippen LogP contribution is 2.38. The van der Waals surface area contributed by atoms with Gasteiger partial charge in [-0.2, -0.15) is 0 Å². The molecule has 5 nitrogen and oxygen atoms in total. The molecule has 2 rings (SSSR count). The Balaban J connectivity index is 2.15. The lowest BCUT2D eigenvalue weighted by atomic mass is 10.2. The topological polar surface area (TPSA) is 68.2 Å². The van der Waals surface area contributed by atoms with Gasteiger partial charge in [0.05, 0.1) is 12.7 Å². The second-order valence-corrected chi connectivity index (χ2v) is 3.84. The maximum atomic E-state index is 9.43. The van der Waals surface area contributed by atoms with Gasteiger partial charge in [0.15, 0.2) is 11.5 Å². The van der Waals surface area contributed by atoms with E-state index in [0.29, 0.717) is 29.2 Å². The van der Waals surface area contributed by atoms with E-state index in [1.807, 2.05) is 6.92 Å². The summed E-state index contributed by atoms with van der Waals surface area (Å²) in [5.74, 6) is 1.73. The van der Waals surface area contributed by atoms with E-state index in [-0.39, 0.29) is 20.0 Å². The van der Waals surface area contributed by atoms with E-state index in [9.17, 15) is 10.2 Å². The average molecular weight is 240 g/mol. The Labute approximate surface area is 99.5 Å². The van der Waals surface area contributed by atoms with E-state index >= 15 is 0 Å². The van der Waals surface area contributed by atoms with Crippen molar-refractivity contribution in [2.75, 3.05) is 13.4 Å². The molecule has 1 aliphatic rings. The molecule has 0 spiro atoms. The fourth-order valence-electron chi connectivity index (χ4n) is 1.53. The highest BCUT2D eigenvalue weighted by molar-refractivity contribution is 5.51. The number of hydrogen-bond donors (Lipinski definition) is 2. The van der Waals surface area contributed by atoms with Gasteiger partial charge in [0.2, 0.25) is 6.79 Å². The van der Waals surface area contributed by atoms with Gasteiger partial charge in [-0.25, -0.2) is 0 Å². The maximum absolute atomic E-state index is 9.43. The molecule has 2 N–H and O–H groups in total. The zero-order valence-electron chi connectivity index (χ0n) is 9.68. The van der Waals surface area contributed by atoms with E-state index in [4.69, 9.17) is 14.2 Å². The maximum Gasteiger partial charge on any atom is 0.231 e. The van der Waals surface area contributed by atoms with Crippen LogP contribution in [0.5, 0.6) is 17.2 Å². The van der Waals surface area contributed by atoms with Crippen molar-refractivity contribution in [2.24, 2.45) is 0 Å². The Kier molecular flexibility index (Phi) is 3.71. The predicted molar refractivity (Wildman–Crippen MR) is 60.3 cm³/mol. The molecule has 0 saturated heterocycles. The van der Waals surface area contributed by atoms with Gasteiger partial charge < -0.3 is 24.4 Å². The number of ether oxygens (including phenoxy) is 3. The van der Waals surface area contributed by atoms with Gasteiger partial charge in [0, 0.05) is 11.6 Å². The lowest BCUT2D eigenvalue weighted by molar-refractivity contribution is 0.102. The normalized spacial score (nSPS) is 14.8. The summed E-state index contributed by atoms with van der Waals surface area (Å²) in [5, 5.41) is 18.7. The van der Waals surface area contributed by atoms with Crippen LogP contribution in [-0.2, 0) is 6.61 Å². The fourth-order valence-corrected chi connectivity index (χ4v) is 1.53. The van der Waals surface area contributed by atoms with Crippen molar-refractivity contribution in [1.82, 2.24) is 0 Å². The van der Waals surface area contributed by atoms with Crippen molar-refractivity contribution in [3.63, 3.8) is 0 Å². The number of aliphatic hydroxyl groups excluding tert-OH is 2. The van der Waals surface area contributed by atoms with Crippen molar-refractivity contribution in [1.29, 1.82) is 0 Å². The van der Waals surface area contributed by atoms with Crippen LogP contribution in [-0.4, -0.2) is 29.7 Å². The molecule has 1 atom stereocenters. The molecular formula is C12H16O5. The first kappa shape index (κ1) is 12.0. The van der Waals surface area contributed by atoms with E-state index in [1.165, 1.54) is 0 Å². The number of benzene rings is 1. The SMILES string of the molecule is CCC(O)COc1cc2c(cc1CO)OCO2. The van der Waals surface area contributed by atoms with Gasteiger partial charge in [-0.1, -0.05) is 6.92 Å². The standard InChI is InChI=1S/C12H16O5/c1-2-9(14)6-15-10-4-12-11(16-7-17-12)3-8(10)5-13/h3-4,9,13-14H,2,5-7H2,1H3. The Morgan fingerprint density at radius 2 is 2.06 bits per heavy atom. The molecule has 0 aromatic heterocycles. The van der Waals surface area contributed by atoms with Crippen LogP contribution in [0.1, 0.15) is 18.9 Å². The third kappa shape index (κ3) is 2.62. The minimum Gasteiger partial charge on any atom is -0.490 e. The summed E-state index contributed by atoms with van der Waals surface area (Å²) in [6, 6.07) is 3.37. The molecule has 0 amide bonds. The summed E-state index contributed by atoms with van der Waals surface area (Å²) in [4.78, 5) is 0. The smallest absolute Gasteiger partial charge is 0.231 e. The summed E-state index contributed by atoms with van der Waals surface area (Å²) < 4.78 is 15.9. The lowest BCUT2D eigenvalue weighted by Crippen LogP contribution is -2.16. The van der Waals surface area contributed by atoms with Crippen molar-refractivity contribution >= 4 is 0 Å². The van der Waals surface area contributed by atoms with Crippen molar-refractivity contribution in [2.45, 2.75) is 26.1 Å². The predicted octanol–water partition coefficient (Wildman–Crippen LogP) is 1.06. The summed E-state index contributed by atoms with van der Waals surface area (Å²) in [5.41, 5.74) is 0.623. The average Bonchev–Trinajstić information content (AvgIpc) is 2.81. The summed E-state index contributed by atoms with van der Waals surface area (Å²) in [6.07, 6.45) is 0.117. The second-order valence-electron chi connectivity index (χ2n) is 3.84. The van der Waals surface area contributed by atoms with Gasteiger partial charge >= 0.3 is 0 Å². The molecule has 0 fully saturated rings. The van der Waals surface area contributed by atoms with Crippen LogP contribution < -0.4 is 14.2 Å². The molecule has 0 saturated carbocycles. The molecule has 5 heteroatoms. The molecular weight excluding hydrogens is 224 g/mol. The number of hydrogen-bond acceptors (Lipinski definition) is 5. The third-order valence-electron chi connectivity index (χ3n) is 2.63. The van der Waals surface area contributed by atoms with Gasteiger partial charge in [0.25, 0.3) is 0 Å². The number of rotatable bonds is 5. The van der Waals surface area contributed by atoms with Crippen molar-refractivity contribution in [3.8, 4) is 17.2 Å². The zero-order chi connectivity index (χ0) is 12.3. The minimum atomic E-state index is -0.507. The van der Waals surface area contributed by atoms with Gasteiger partial charge in [-0.3, -0.25) is 0 Å². The van der Waals surface area contributed by atoms with E-state index in [0.717, 1.165) is 0 Å². The molecule has 1 aliphatic heterocycles. The van der Waals surface area contributed by atoms with E-state index < -0.39 is 6.10 Å². The molecule has 0 aliphatic carbocycles. The molecule has 0 radical (unpaired) electrons. The van der Waals surface area contributed by atoms with E-state index in [2.05, 4.69) is 0 Å². The highest BCUT2D eigenvalue weighted by Gasteiger charge is 2.18. The number of aliphatic hydroxyl groups is 2. The first-order valence-electron chi connectivity index (χ1n) is 5.58. The molecule has 0 bridgehead atoms. The van der Waals surface area contributed by atoms with Crippen molar-refractivity contribution in [3.05, 3.63) is 17.7 Å². The van der Waals surface area contributed by atoms with Crippen LogP contribution in [0.4, 0.5) is 0 Å². The highest BCUT2D eigenvalue weighted by atomic mass is 16.7. The minimum absolute atomic E-state index is 0.145. The monoisotopic (exact) mass is 240 g/mol. The summed E-state index contributed by atoms with van der Waals surface area (Å²) >= 11 is 0. The molecule has 94 valence electrons. The summed E-state index contributed by atoms with van der Waals surface area (Å²) in [6.45, 7) is 2.11. The third-order valence-corrected chi connectivity index (χ3v) is 2.63. The van der Waals surface area contributed by atoms with Crippen LogP contribution in [0.2, 0.25) is 0 Å². The Morgan fingerprint density at radius 1 is 1.35 bits per heavy atom. The van der Waals surface area contributed by atoms with Crippen LogP contribution in [0.25, 0.3) is 0 Å². The van der Waals surface area contributed by atoms with Crippen LogP contribution >= 0.6 is 0 Å². The zero-order valence-corrected chi connectivity index (χ0v) is 9.68. The van der Waals surface area contributed by atoms with Gasteiger partial charge in [-0.05, 0) is 12.5 Å². The largest absolute Gasteiger partial charge is 0.490 e. The van der Waals surface area contributed by atoms with E-state index in [1.54, 1.807) is 12.1 Å². The Bertz CT molecular complexity index is 391. The second kappa shape index (κ2) is 5.25. The number of fused-ring (bicyclic) bond motifs is 1. The van der Waals surface area contributed by atoms with Crippen molar-refractivity contribution < 1.29 is 24.4 Å². The first-order chi connectivity index (χ1) is 8.24. The molecule has 1 aromatic rings. The van der Waals surface area contributed by atoms with Crippen LogP contribution in [0.3, 0.4) is 0 Å². The molecule has 1 aromatic carbocycles. The Morgan fingerprint density at radius 3 is 2.71 bits per heavy atom. The molecule has 1 heterocycles. The lowest BCUT2D eigenvalue weighted by Gasteiger charge is -2.13. The molecule has 17 heavy (non-hydrogen) atoms. The first-order valence-corrected chi connectivity index (χ1v) is 5.58. The van der Waals surface area contributed by atoms with Crippen LogP contribution in [0, 0.1) is 0 Å².